The van der Waals surface area contributed by atoms with Crippen LogP contribution in [0.5, 0.6) is 0 Å². The smallest absolute Gasteiger partial charge is 0.180 e. The van der Waals surface area contributed by atoms with Gasteiger partial charge in [0.15, 0.2) is 9.84 Å². The first-order valence-corrected chi connectivity index (χ1v) is 13.4. The zero-order valence-corrected chi connectivity index (χ0v) is 24.0. The number of benzene rings is 2. The van der Waals surface area contributed by atoms with E-state index in [4.69, 9.17) is 0 Å². The fraction of sp³-hybridized carbons (Fsp3) is 0.478. The van der Waals surface area contributed by atoms with Crippen molar-refractivity contribution in [2.45, 2.75) is 76.4 Å². The van der Waals surface area contributed by atoms with Gasteiger partial charge in [0.05, 0.1) is 10.1 Å². The molecule has 2 aromatic carbocycles. The number of sulfone groups is 1. The Bertz CT molecular complexity index is 931. The standard InChI is InChI=1S/C13H19BrO2S.C10H12Br2/c1-9(2)17(15,16)12-7-10(13(3,4)5)6-11(14)8-12;1-10(2,3)7-4-8(11)6-9(12)5-7/h6-9H,1-5H3;4-6H,1-3H3. The van der Waals surface area contributed by atoms with Crippen molar-refractivity contribution in [1.29, 1.82) is 0 Å². The Morgan fingerprint density at radius 2 is 1.00 bits per heavy atom. The Morgan fingerprint density at radius 1 is 0.655 bits per heavy atom. The second-order valence-electron chi connectivity index (χ2n) is 9.43. The van der Waals surface area contributed by atoms with Crippen LogP contribution in [-0.2, 0) is 20.7 Å². The average molecular weight is 611 g/mol. The lowest BCUT2D eigenvalue weighted by molar-refractivity contribution is 0.579. The third-order valence-electron chi connectivity index (χ3n) is 4.42. The minimum Gasteiger partial charge on any atom is -0.223 e. The highest BCUT2D eigenvalue weighted by molar-refractivity contribution is 9.11. The van der Waals surface area contributed by atoms with Crippen LogP contribution in [-0.4, -0.2) is 13.7 Å². The Hall–Kier alpha value is -0.170. The Kier molecular flexibility index (Phi) is 9.23. The number of halogens is 3. The maximum Gasteiger partial charge on any atom is 0.180 e. The van der Waals surface area contributed by atoms with Gasteiger partial charge in [0.1, 0.15) is 0 Å². The molecule has 0 unspecified atom stereocenters. The molecule has 29 heavy (non-hydrogen) atoms. The van der Waals surface area contributed by atoms with E-state index in [0.29, 0.717) is 4.90 Å². The predicted octanol–water partition coefficient (Wildman–Crippen LogP) is 8.44. The molecule has 0 atom stereocenters. The van der Waals surface area contributed by atoms with Crippen molar-refractivity contribution < 1.29 is 8.42 Å². The molecule has 0 aliphatic carbocycles. The van der Waals surface area contributed by atoms with Gasteiger partial charge in [-0.15, -0.1) is 0 Å². The van der Waals surface area contributed by atoms with E-state index in [2.05, 4.69) is 108 Å². The second kappa shape index (κ2) is 9.97. The maximum absolute atomic E-state index is 12.1. The van der Waals surface area contributed by atoms with E-state index in [9.17, 15) is 8.42 Å². The predicted molar refractivity (Wildman–Crippen MR) is 136 cm³/mol. The first kappa shape index (κ1) is 26.9. The molecule has 2 aromatic rings. The first-order chi connectivity index (χ1) is 12.9. The van der Waals surface area contributed by atoms with Gasteiger partial charge >= 0.3 is 0 Å². The van der Waals surface area contributed by atoms with Crippen molar-refractivity contribution >= 4 is 57.6 Å². The lowest BCUT2D eigenvalue weighted by Crippen LogP contribution is -2.17. The van der Waals surface area contributed by atoms with E-state index in [1.165, 1.54) is 5.56 Å². The van der Waals surface area contributed by atoms with Gasteiger partial charge < -0.3 is 0 Å². The quantitative estimate of drug-likeness (QED) is 0.342. The normalized spacial score (nSPS) is 12.6. The van der Waals surface area contributed by atoms with Gasteiger partial charge in [-0.25, -0.2) is 8.42 Å². The van der Waals surface area contributed by atoms with Gasteiger partial charge in [-0.3, -0.25) is 0 Å². The Balaban J connectivity index is 0.000000308. The van der Waals surface area contributed by atoms with E-state index in [1.807, 2.05) is 6.07 Å². The van der Waals surface area contributed by atoms with Crippen LogP contribution in [0.1, 0.15) is 66.5 Å². The van der Waals surface area contributed by atoms with Crippen molar-refractivity contribution in [3.05, 3.63) is 60.9 Å². The van der Waals surface area contributed by atoms with Crippen LogP contribution >= 0.6 is 47.8 Å². The van der Waals surface area contributed by atoms with Gasteiger partial charge in [-0.05, 0) is 72.2 Å². The molecule has 0 fully saturated rings. The summed E-state index contributed by atoms with van der Waals surface area (Å²) in [5, 5.41) is -0.399. The van der Waals surface area contributed by atoms with E-state index >= 15 is 0 Å². The third kappa shape index (κ3) is 8.12. The molecule has 0 radical (unpaired) electrons. The minimum atomic E-state index is -3.21. The molecule has 0 aliphatic rings. The van der Waals surface area contributed by atoms with Gasteiger partial charge in [0.25, 0.3) is 0 Å². The summed E-state index contributed by atoms with van der Waals surface area (Å²) in [7, 11) is -3.21. The van der Waals surface area contributed by atoms with E-state index < -0.39 is 15.1 Å². The van der Waals surface area contributed by atoms with Gasteiger partial charge in [0.2, 0.25) is 0 Å². The molecule has 0 aliphatic heterocycles. The van der Waals surface area contributed by atoms with E-state index in [-0.39, 0.29) is 10.8 Å². The summed E-state index contributed by atoms with van der Waals surface area (Å²) in [5.41, 5.74) is 2.51. The topological polar surface area (TPSA) is 34.1 Å². The summed E-state index contributed by atoms with van der Waals surface area (Å²) in [6.07, 6.45) is 0. The van der Waals surface area contributed by atoms with Crippen molar-refractivity contribution in [2.24, 2.45) is 0 Å². The summed E-state index contributed by atoms with van der Waals surface area (Å²) in [6, 6.07) is 11.8. The molecule has 162 valence electrons. The summed E-state index contributed by atoms with van der Waals surface area (Å²) in [6.45, 7) is 16.2. The molecule has 0 bridgehead atoms. The van der Waals surface area contributed by atoms with E-state index in [1.54, 1.807) is 26.0 Å². The van der Waals surface area contributed by atoms with E-state index in [0.717, 1.165) is 19.0 Å². The van der Waals surface area contributed by atoms with Crippen molar-refractivity contribution in [1.82, 2.24) is 0 Å². The van der Waals surface area contributed by atoms with Gasteiger partial charge in [-0.2, -0.15) is 0 Å². The molecule has 0 heterocycles. The lowest BCUT2D eigenvalue weighted by atomic mass is 9.87. The van der Waals surface area contributed by atoms with Gasteiger partial charge in [0, 0.05) is 13.4 Å². The zero-order chi connectivity index (χ0) is 22.8. The van der Waals surface area contributed by atoms with Gasteiger partial charge in [-0.1, -0.05) is 89.3 Å². The molecular formula is C23H31Br3O2S. The summed E-state index contributed by atoms with van der Waals surface area (Å²) >= 11 is 10.3. The summed E-state index contributed by atoms with van der Waals surface area (Å²) in [4.78, 5) is 0.395. The lowest BCUT2D eigenvalue weighted by Gasteiger charge is -2.21. The van der Waals surface area contributed by atoms with Crippen LogP contribution in [0.25, 0.3) is 0 Å². The molecule has 0 aromatic heterocycles. The molecule has 6 heteroatoms. The molecule has 0 saturated carbocycles. The molecular weight excluding hydrogens is 580 g/mol. The third-order valence-corrected chi connectivity index (χ3v) is 7.92. The highest BCUT2D eigenvalue weighted by Gasteiger charge is 2.23. The minimum absolute atomic E-state index is 0.0645. The average Bonchev–Trinajstić information content (AvgIpc) is 2.52. The highest BCUT2D eigenvalue weighted by atomic mass is 79.9. The summed E-state index contributed by atoms with van der Waals surface area (Å²) in [5.74, 6) is 0. The SMILES string of the molecule is CC(C)(C)c1cc(Br)cc(Br)c1.CC(C)S(=O)(=O)c1cc(Br)cc(C(C)(C)C)c1. The molecule has 0 N–H and O–H groups in total. The number of rotatable bonds is 2. The largest absolute Gasteiger partial charge is 0.223 e. The van der Waals surface area contributed by atoms with Crippen molar-refractivity contribution in [2.75, 3.05) is 0 Å². The first-order valence-electron chi connectivity index (χ1n) is 9.46. The zero-order valence-electron chi connectivity index (χ0n) is 18.4. The highest BCUT2D eigenvalue weighted by Crippen LogP contribution is 2.30. The van der Waals surface area contributed by atoms with Crippen molar-refractivity contribution in [3.8, 4) is 0 Å². The molecule has 2 rings (SSSR count). The molecule has 0 spiro atoms. The summed E-state index contributed by atoms with van der Waals surface area (Å²) < 4.78 is 27.3. The second-order valence-corrected chi connectivity index (χ2v) is 14.7. The molecule has 0 amide bonds. The fourth-order valence-electron chi connectivity index (χ4n) is 2.42. The van der Waals surface area contributed by atoms with Crippen LogP contribution in [0.3, 0.4) is 0 Å². The maximum atomic E-state index is 12.1. The fourth-order valence-corrected chi connectivity index (χ4v) is 5.48. The molecule has 2 nitrogen and oxygen atoms in total. The van der Waals surface area contributed by atoms with Crippen LogP contribution in [0, 0.1) is 0 Å². The molecule has 0 saturated heterocycles. The monoisotopic (exact) mass is 608 g/mol. The number of hydrogen-bond donors (Lipinski definition) is 0. The Morgan fingerprint density at radius 3 is 1.34 bits per heavy atom. The van der Waals surface area contributed by atoms with Crippen LogP contribution in [0.15, 0.2) is 54.7 Å². The van der Waals surface area contributed by atoms with Crippen molar-refractivity contribution in [3.63, 3.8) is 0 Å². The van der Waals surface area contributed by atoms with Crippen LogP contribution < -0.4 is 0 Å². The Labute approximate surface area is 202 Å². The van der Waals surface area contributed by atoms with Crippen LogP contribution in [0.2, 0.25) is 0 Å². The number of hydrogen-bond acceptors (Lipinski definition) is 2. The van der Waals surface area contributed by atoms with Crippen LogP contribution in [0.4, 0.5) is 0 Å².